The zero-order valence-electron chi connectivity index (χ0n) is 11.2. The number of nitrogens with two attached hydrogens (primary N) is 2. The molecule has 0 amide bonds. The number of nitrogen functional groups attached to an aromatic ring is 2. The maximum atomic E-state index is 9.93. The summed E-state index contributed by atoms with van der Waals surface area (Å²) < 4.78 is 10.2. The second-order valence-corrected chi connectivity index (χ2v) is 4.22. The molecule has 0 saturated carbocycles. The van der Waals surface area contributed by atoms with Crippen LogP contribution < -0.4 is 20.9 Å². The van der Waals surface area contributed by atoms with Gasteiger partial charge < -0.3 is 31.2 Å². The number of phenolic OH excluding ortho intramolecular Hbond substituents is 2. The largest absolute Gasteiger partial charge is 0.508 e. The predicted molar refractivity (Wildman–Crippen MR) is 77.1 cm³/mol. The number of ether oxygens (including phenoxy) is 2. The molecule has 2 aromatic carbocycles. The van der Waals surface area contributed by atoms with Crippen molar-refractivity contribution in [2.75, 3.05) is 25.7 Å². The first-order valence-electron chi connectivity index (χ1n) is 5.81. The molecule has 2 rings (SSSR count). The van der Waals surface area contributed by atoms with E-state index in [-0.39, 0.29) is 22.9 Å². The number of hydrogen-bond acceptors (Lipinski definition) is 6. The Hall–Kier alpha value is -2.76. The van der Waals surface area contributed by atoms with Crippen LogP contribution in [0.3, 0.4) is 0 Å². The molecule has 0 saturated heterocycles. The van der Waals surface area contributed by atoms with E-state index in [2.05, 4.69) is 0 Å². The average Bonchev–Trinajstić information content (AvgIpc) is 2.44. The van der Waals surface area contributed by atoms with Crippen molar-refractivity contribution in [3.05, 3.63) is 24.3 Å². The second kappa shape index (κ2) is 5.08. The van der Waals surface area contributed by atoms with Gasteiger partial charge >= 0.3 is 0 Å². The topological polar surface area (TPSA) is 111 Å². The molecule has 6 N–H and O–H groups in total. The number of aromatic hydroxyl groups is 2. The van der Waals surface area contributed by atoms with Crippen LogP contribution in [0, 0.1) is 0 Å². The normalized spacial score (nSPS) is 10.3. The Morgan fingerprint density at radius 1 is 0.900 bits per heavy atom. The van der Waals surface area contributed by atoms with Crippen molar-refractivity contribution in [3.63, 3.8) is 0 Å². The summed E-state index contributed by atoms with van der Waals surface area (Å²) in [4.78, 5) is 0. The Morgan fingerprint density at radius 2 is 1.60 bits per heavy atom. The fraction of sp³-hybridized carbons (Fsp3) is 0.143. The molecule has 6 nitrogen and oxygen atoms in total. The molecule has 0 aromatic heterocycles. The molecule has 0 atom stereocenters. The van der Waals surface area contributed by atoms with Gasteiger partial charge in [-0.05, 0) is 23.8 Å². The third-order valence-corrected chi connectivity index (χ3v) is 3.00. The van der Waals surface area contributed by atoms with Crippen molar-refractivity contribution in [2.45, 2.75) is 0 Å². The van der Waals surface area contributed by atoms with E-state index in [1.54, 1.807) is 12.1 Å². The van der Waals surface area contributed by atoms with Crippen molar-refractivity contribution in [1.82, 2.24) is 0 Å². The zero-order chi connectivity index (χ0) is 14.9. The second-order valence-electron chi connectivity index (χ2n) is 4.22. The SMILES string of the molecule is COc1cc(O)cc(-c2cc(OC)c(N)c(O)c2N)c1. The van der Waals surface area contributed by atoms with Crippen LogP contribution >= 0.6 is 0 Å². The number of benzene rings is 2. The Balaban J connectivity index is 2.69. The zero-order valence-corrected chi connectivity index (χ0v) is 11.2. The van der Waals surface area contributed by atoms with E-state index in [1.807, 2.05) is 0 Å². The van der Waals surface area contributed by atoms with Crippen LogP contribution in [0.5, 0.6) is 23.0 Å². The number of anilines is 2. The summed E-state index contributed by atoms with van der Waals surface area (Å²) in [6, 6.07) is 6.25. The van der Waals surface area contributed by atoms with Gasteiger partial charge in [0.25, 0.3) is 0 Å². The Bertz CT molecular complexity index is 656. The summed E-state index contributed by atoms with van der Waals surface area (Å²) >= 11 is 0. The summed E-state index contributed by atoms with van der Waals surface area (Å²) in [5.74, 6) is 0.541. The van der Waals surface area contributed by atoms with Crippen LogP contribution in [0.2, 0.25) is 0 Å². The van der Waals surface area contributed by atoms with Gasteiger partial charge in [-0.3, -0.25) is 0 Å². The molecule has 20 heavy (non-hydrogen) atoms. The lowest BCUT2D eigenvalue weighted by molar-refractivity contribution is 0.407. The monoisotopic (exact) mass is 276 g/mol. The third kappa shape index (κ3) is 2.23. The smallest absolute Gasteiger partial charge is 0.166 e. The molecular weight excluding hydrogens is 260 g/mol. The summed E-state index contributed by atoms with van der Waals surface area (Å²) in [6.07, 6.45) is 0. The Morgan fingerprint density at radius 3 is 2.20 bits per heavy atom. The highest BCUT2D eigenvalue weighted by atomic mass is 16.5. The molecule has 0 bridgehead atoms. The molecule has 0 aliphatic rings. The summed E-state index contributed by atoms with van der Waals surface area (Å²) in [5.41, 5.74) is 12.8. The standard InChI is InChI=1S/C14H16N2O4/c1-19-9-4-7(3-8(17)5-9)10-6-11(20-2)13(16)14(18)12(10)15/h3-6,17-18H,15-16H2,1-2H3. The molecule has 0 aliphatic carbocycles. The van der Waals surface area contributed by atoms with Crippen LogP contribution in [-0.2, 0) is 0 Å². The molecule has 2 aromatic rings. The van der Waals surface area contributed by atoms with Gasteiger partial charge in [-0.1, -0.05) is 0 Å². The van der Waals surface area contributed by atoms with Crippen molar-refractivity contribution in [2.24, 2.45) is 0 Å². The fourth-order valence-corrected chi connectivity index (χ4v) is 1.94. The van der Waals surface area contributed by atoms with E-state index in [9.17, 15) is 10.2 Å². The van der Waals surface area contributed by atoms with Gasteiger partial charge in [0.1, 0.15) is 22.9 Å². The van der Waals surface area contributed by atoms with E-state index in [1.165, 1.54) is 26.4 Å². The highest BCUT2D eigenvalue weighted by molar-refractivity contribution is 5.88. The highest BCUT2D eigenvalue weighted by Crippen LogP contribution is 2.44. The lowest BCUT2D eigenvalue weighted by atomic mass is 10.0. The van der Waals surface area contributed by atoms with Crippen molar-refractivity contribution in [3.8, 4) is 34.1 Å². The molecule has 0 heterocycles. The quantitative estimate of drug-likeness (QED) is 0.503. The van der Waals surface area contributed by atoms with E-state index < -0.39 is 0 Å². The number of phenols is 2. The third-order valence-electron chi connectivity index (χ3n) is 3.00. The van der Waals surface area contributed by atoms with Crippen LogP contribution in [0.15, 0.2) is 24.3 Å². The van der Waals surface area contributed by atoms with Gasteiger partial charge in [0.05, 0.1) is 19.9 Å². The molecule has 0 unspecified atom stereocenters. The van der Waals surface area contributed by atoms with Gasteiger partial charge in [0.15, 0.2) is 5.75 Å². The van der Waals surface area contributed by atoms with Crippen molar-refractivity contribution in [1.29, 1.82) is 0 Å². The maximum Gasteiger partial charge on any atom is 0.166 e. The van der Waals surface area contributed by atoms with Crippen LogP contribution in [0.25, 0.3) is 11.1 Å². The lowest BCUT2D eigenvalue weighted by Gasteiger charge is -2.14. The van der Waals surface area contributed by atoms with Crippen molar-refractivity contribution < 1.29 is 19.7 Å². The van der Waals surface area contributed by atoms with E-state index in [4.69, 9.17) is 20.9 Å². The average molecular weight is 276 g/mol. The van der Waals surface area contributed by atoms with Crippen LogP contribution in [-0.4, -0.2) is 24.4 Å². The minimum atomic E-state index is -0.248. The summed E-state index contributed by atoms with van der Waals surface area (Å²) in [6.45, 7) is 0. The van der Waals surface area contributed by atoms with Crippen LogP contribution in [0.1, 0.15) is 0 Å². The van der Waals surface area contributed by atoms with Gasteiger partial charge in [0, 0.05) is 11.6 Å². The van der Waals surface area contributed by atoms with Gasteiger partial charge in [-0.2, -0.15) is 0 Å². The molecule has 0 spiro atoms. The minimum absolute atomic E-state index is 0.0223. The van der Waals surface area contributed by atoms with Crippen molar-refractivity contribution >= 4 is 11.4 Å². The molecule has 0 fully saturated rings. The van der Waals surface area contributed by atoms with Crippen LogP contribution in [0.4, 0.5) is 11.4 Å². The first-order chi connectivity index (χ1) is 9.47. The Kier molecular flexibility index (Phi) is 3.47. The predicted octanol–water partition coefficient (Wildman–Crippen LogP) is 1.95. The highest BCUT2D eigenvalue weighted by Gasteiger charge is 2.16. The van der Waals surface area contributed by atoms with E-state index in [0.717, 1.165) is 0 Å². The summed E-state index contributed by atoms with van der Waals surface area (Å²) in [5, 5.41) is 19.6. The minimum Gasteiger partial charge on any atom is -0.508 e. The fourth-order valence-electron chi connectivity index (χ4n) is 1.94. The lowest BCUT2D eigenvalue weighted by Crippen LogP contribution is -1.99. The molecule has 0 radical (unpaired) electrons. The summed E-state index contributed by atoms with van der Waals surface area (Å²) in [7, 11) is 2.93. The molecule has 0 aliphatic heterocycles. The first kappa shape index (κ1) is 13.7. The maximum absolute atomic E-state index is 9.93. The van der Waals surface area contributed by atoms with E-state index >= 15 is 0 Å². The molecule has 106 valence electrons. The van der Waals surface area contributed by atoms with E-state index in [0.29, 0.717) is 22.6 Å². The van der Waals surface area contributed by atoms with Gasteiger partial charge in [-0.15, -0.1) is 0 Å². The Labute approximate surface area is 116 Å². The number of methoxy groups -OCH3 is 2. The molecular formula is C14H16N2O4. The number of hydrogen-bond donors (Lipinski definition) is 4. The first-order valence-corrected chi connectivity index (χ1v) is 5.81. The molecule has 6 heteroatoms. The van der Waals surface area contributed by atoms with Gasteiger partial charge in [0.2, 0.25) is 0 Å². The number of rotatable bonds is 3. The van der Waals surface area contributed by atoms with Gasteiger partial charge in [-0.25, -0.2) is 0 Å².